The summed E-state index contributed by atoms with van der Waals surface area (Å²) in [7, 11) is 1.24. The highest BCUT2D eigenvalue weighted by molar-refractivity contribution is 9.10. The van der Waals surface area contributed by atoms with Crippen molar-refractivity contribution in [2.45, 2.75) is 18.7 Å². The molecule has 1 aromatic heterocycles. The third kappa shape index (κ3) is 3.61. The molecule has 0 atom stereocenters. The Morgan fingerprint density at radius 3 is 2.76 bits per heavy atom. The second-order valence-electron chi connectivity index (χ2n) is 3.16. The Labute approximate surface area is 110 Å². The van der Waals surface area contributed by atoms with Gasteiger partial charge in [0.1, 0.15) is 4.60 Å². The molecule has 1 aromatic rings. The Balaban J connectivity index is 3.13. The molecule has 0 fully saturated rings. The molecule has 1 rings (SSSR count). The van der Waals surface area contributed by atoms with Crippen molar-refractivity contribution >= 4 is 33.5 Å². The highest BCUT2D eigenvalue weighted by atomic mass is 79.9. The number of rotatable bonds is 4. The molecular weight excluding hydrogens is 319 g/mol. The minimum absolute atomic E-state index is 0.00422. The van der Waals surface area contributed by atoms with Crippen molar-refractivity contribution in [3.63, 3.8) is 0 Å². The molecule has 0 N–H and O–H groups in total. The van der Waals surface area contributed by atoms with Crippen molar-refractivity contribution < 1.29 is 18.3 Å². The molecule has 0 saturated heterocycles. The quantitative estimate of drug-likeness (QED) is 0.484. The smallest absolute Gasteiger partial charge is 0.311 e. The maximum absolute atomic E-state index is 12.7. The van der Waals surface area contributed by atoms with Crippen LogP contribution in [0.2, 0.25) is 0 Å². The fourth-order valence-electron chi connectivity index (χ4n) is 1.28. The molecule has 94 valence electrons. The second kappa shape index (κ2) is 6.26. The lowest BCUT2D eigenvalue weighted by Crippen LogP contribution is -2.08. The fraction of sp³-hybridized carbons (Fsp3) is 0.400. The first kappa shape index (κ1) is 14.3. The van der Waals surface area contributed by atoms with Crippen molar-refractivity contribution in [1.82, 2.24) is 4.98 Å². The zero-order valence-corrected chi connectivity index (χ0v) is 11.2. The number of carbonyl (C=O) groups excluding carboxylic acids is 1. The SMILES string of the molecule is COC(=O)Cc1cc(CCl)c(C(F)F)c(Br)n1. The highest BCUT2D eigenvalue weighted by Crippen LogP contribution is 2.31. The van der Waals surface area contributed by atoms with Gasteiger partial charge in [-0.1, -0.05) is 0 Å². The van der Waals surface area contributed by atoms with Gasteiger partial charge in [-0.15, -0.1) is 11.6 Å². The van der Waals surface area contributed by atoms with Crippen molar-refractivity contribution in [3.05, 3.63) is 27.5 Å². The summed E-state index contributed by atoms with van der Waals surface area (Å²) in [6.45, 7) is 0. The summed E-state index contributed by atoms with van der Waals surface area (Å²) in [4.78, 5) is 14.9. The van der Waals surface area contributed by atoms with E-state index in [2.05, 4.69) is 25.7 Å². The van der Waals surface area contributed by atoms with Crippen LogP contribution in [-0.2, 0) is 21.8 Å². The first-order chi connectivity index (χ1) is 7.99. The van der Waals surface area contributed by atoms with Crippen LogP contribution in [0.5, 0.6) is 0 Å². The number of aromatic nitrogens is 1. The molecular formula is C10H9BrClF2NO2. The molecule has 0 aliphatic carbocycles. The first-order valence-electron chi connectivity index (χ1n) is 4.58. The molecule has 0 aliphatic heterocycles. The van der Waals surface area contributed by atoms with Gasteiger partial charge in [-0.3, -0.25) is 4.79 Å². The van der Waals surface area contributed by atoms with Crippen LogP contribution in [0.3, 0.4) is 0 Å². The molecule has 17 heavy (non-hydrogen) atoms. The van der Waals surface area contributed by atoms with Gasteiger partial charge < -0.3 is 4.74 Å². The molecule has 0 aromatic carbocycles. The predicted octanol–water partition coefficient (Wildman–Crippen LogP) is 3.24. The Bertz CT molecular complexity index is 429. The van der Waals surface area contributed by atoms with Crippen molar-refractivity contribution in [3.8, 4) is 0 Å². The minimum atomic E-state index is -2.67. The van der Waals surface area contributed by atoms with Crippen molar-refractivity contribution in [2.24, 2.45) is 0 Å². The standard InChI is InChI=1S/C10H9BrClF2NO2/c1-17-7(16)3-6-2-5(4-12)8(10(13)14)9(11)15-6/h2,10H,3-4H2,1H3. The second-order valence-corrected chi connectivity index (χ2v) is 4.18. The average Bonchev–Trinajstić information content (AvgIpc) is 2.27. The molecule has 0 bridgehead atoms. The predicted molar refractivity (Wildman–Crippen MR) is 62.2 cm³/mol. The number of nitrogens with zero attached hydrogens (tertiary/aromatic N) is 1. The van der Waals surface area contributed by atoms with E-state index in [1.165, 1.54) is 13.2 Å². The van der Waals surface area contributed by atoms with Gasteiger partial charge in [0.25, 0.3) is 6.43 Å². The number of hydrogen-bond donors (Lipinski definition) is 0. The molecule has 0 unspecified atom stereocenters. The number of ether oxygens (including phenoxy) is 1. The highest BCUT2D eigenvalue weighted by Gasteiger charge is 2.19. The lowest BCUT2D eigenvalue weighted by atomic mass is 10.1. The summed E-state index contributed by atoms with van der Waals surface area (Å²) in [5.74, 6) is -0.565. The Morgan fingerprint density at radius 1 is 1.65 bits per heavy atom. The largest absolute Gasteiger partial charge is 0.469 e. The molecule has 0 saturated carbocycles. The number of pyridine rings is 1. The van der Waals surface area contributed by atoms with E-state index >= 15 is 0 Å². The van der Waals surface area contributed by atoms with E-state index in [1.807, 2.05) is 0 Å². The molecule has 0 aliphatic rings. The average molecular weight is 329 g/mol. The van der Waals surface area contributed by atoms with Gasteiger partial charge in [0, 0.05) is 5.88 Å². The van der Waals surface area contributed by atoms with Crippen molar-refractivity contribution in [1.29, 1.82) is 0 Å². The van der Waals surface area contributed by atoms with Crippen molar-refractivity contribution in [2.75, 3.05) is 7.11 Å². The number of hydrogen-bond acceptors (Lipinski definition) is 3. The number of alkyl halides is 3. The molecule has 0 amide bonds. The van der Waals surface area contributed by atoms with E-state index in [0.29, 0.717) is 5.69 Å². The number of methoxy groups -OCH3 is 1. The van der Waals surface area contributed by atoms with E-state index in [0.717, 1.165) is 0 Å². The number of carbonyl (C=O) groups is 1. The van der Waals surface area contributed by atoms with E-state index < -0.39 is 12.4 Å². The Morgan fingerprint density at radius 2 is 2.29 bits per heavy atom. The van der Waals surface area contributed by atoms with Gasteiger partial charge in [0.15, 0.2) is 0 Å². The zero-order chi connectivity index (χ0) is 13.0. The van der Waals surface area contributed by atoms with Gasteiger partial charge in [0.2, 0.25) is 0 Å². The summed E-state index contributed by atoms with van der Waals surface area (Å²) < 4.78 is 29.9. The van der Waals surface area contributed by atoms with Gasteiger partial charge in [-0.25, -0.2) is 13.8 Å². The molecule has 7 heteroatoms. The maximum Gasteiger partial charge on any atom is 0.311 e. The summed E-state index contributed by atoms with van der Waals surface area (Å²) in [5.41, 5.74) is 0.347. The Hall–Kier alpha value is -0.750. The van der Waals surface area contributed by atoms with Crippen LogP contribution in [0.4, 0.5) is 8.78 Å². The van der Waals surface area contributed by atoms with E-state index in [-0.39, 0.29) is 28.0 Å². The summed E-state index contributed by atoms with van der Waals surface area (Å²) in [6.07, 6.45) is -2.75. The van der Waals surface area contributed by atoms with E-state index in [9.17, 15) is 13.6 Å². The fourth-order valence-corrected chi connectivity index (χ4v) is 2.16. The summed E-state index contributed by atoms with van der Waals surface area (Å²) in [5, 5.41) is 0. The van der Waals surface area contributed by atoms with Gasteiger partial charge in [-0.2, -0.15) is 0 Å². The van der Waals surface area contributed by atoms with Gasteiger partial charge >= 0.3 is 5.97 Å². The van der Waals surface area contributed by atoms with Crippen LogP contribution in [0.1, 0.15) is 23.2 Å². The number of esters is 1. The third-order valence-corrected chi connectivity index (χ3v) is 2.96. The van der Waals surface area contributed by atoms with Crippen LogP contribution in [-0.4, -0.2) is 18.1 Å². The zero-order valence-electron chi connectivity index (χ0n) is 8.84. The summed E-state index contributed by atoms with van der Waals surface area (Å²) in [6, 6.07) is 1.39. The van der Waals surface area contributed by atoms with Crippen LogP contribution in [0.25, 0.3) is 0 Å². The monoisotopic (exact) mass is 327 g/mol. The molecule has 1 heterocycles. The maximum atomic E-state index is 12.7. The molecule has 0 radical (unpaired) electrons. The number of halogens is 4. The molecule has 3 nitrogen and oxygen atoms in total. The normalized spacial score (nSPS) is 10.7. The first-order valence-corrected chi connectivity index (χ1v) is 5.91. The third-order valence-electron chi connectivity index (χ3n) is 2.07. The van der Waals surface area contributed by atoms with Crippen LogP contribution in [0.15, 0.2) is 10.7 Å². The van der Waals surface area contributed by atoms with E-state index in [1.54, 1.807) is 0 Å². The van der Waals surface area contributed by atoms with Crippen LogP contribution < -0.4 is 0 Å². The Kier molecular flexibility index (Phi) is 5.27. The minimum Gasteiger partial charge on any atom is -0.469 e. The van der Waals surface area contributed by atoms with E-state index in [4.69, 9.17) is 11.6 Å². The van der Waals surface area contributed by atoms with Gasteiger partial charge in [-0.05, 0) is 27.6 Å². The molecule has 0 spiro atoms. The summed E-state index contributed by atoms with van der Waals surface area (Å²) >= 11 is 8.54. The van der Waals surface area contributed by atoms with Crippen LogP contribution in [0, 0.1) is 0 Å². The lowest BCUT2D eigenvalue weighted by Gasteiger charge is -2.10. The van der Waals surface area contributed by atoms with Gasteiger partial charge in [0.05, 0.1) is 24.8 Å². The lowest BCUT2D eigenvalue weighted by molar-refractivity contribution is -0.139. The van der Waals surface area contributed by atoms with Crippen LogP contribution >= 0.6 is 27.5 Å². The topological polar surface area (TPSA) is 39.2 Å².